The van der Waals surface area contributed by atoms with E-state index in [-0.39, 0.29) is 23.5 Å². The van der Waals surface area contributed by atoms with Crippen molar-refractivity contribution < 1.29 is 22.7 Å². The largest absolute Gasteiger partial charge is 0.464 e. The van der Waals surface area contributed by atoms with Gasteiger partial charge in [-0.15, -0.1) is 0 Å². The summed E-state index contributed by atoms with van der Waals surface area (Å²) in [5, 5.41) is 0. The maximum absolute atomic E-state index is 12.9. The van der Waals surface area contributed by atoms with E-state index in [1.807, 2.05) is 0 Å². The molecular formula is C18H26N2O5S2. The molecule has 1 atom stereocenters. The van der Waals surface area contributed by atoms with E-state index in [4.69, 9.17) is 4.74 Å². The van der Waals surface area contributed by atoms with Crippen molar-refractivity contribution in [3.8, 4) is 0 Å². The van der Waals surface area contributed by atoms with Gasteiger partial charge in [0.05, 0.1) is 11.5 Å². The number of sulfonamides is 1. The van der Waals surface area contributed by atoms with Crippen molar-refractivity contribution in [1.29, 1.82) is 0 Å². The first-order chi connectivity index (χ1) is 12.7. The Kier molecular flexibility index (Phi) is 7.30. The highest BCUT2D eigenvalue weighted by Crippen LogP contribution is 2.22. The second-order valence-corrected chi connectivity index (χ2v) is 9.63. The number of esters is 1. The molecule has 0 aliphatic carbocycles. The van der Waals surface area contributed by atoms with Gasteiger partial charge in [-0.2, -0.15) is 16.1 Å². The molecule has 0 unspecified atom stereocenters. The average Bonchev–Trinajstić information content (AvgIpc) is 2.67. The molecule has 9 heteroatoms. The minimum absolute atomic E-state index is 0.131. The predicted octanol–water partition coefficient (Wildman–Crippen LogP) is 1.84. The second-order valence-electron chi connectivity index (χ2n) is 6.48. The van der Waals surface area contributed by atoms with Gasteiger partial charge in [0.15, 0.2) is 0 Å². The van der Waals surface area contributed by atoms with Crippen molar-refractivity contribution in [1.82, 2.24) is 9.21 Å². The summed E-state index contributed by atoms with van der Waals surface area (Å²) >= 11 is 1.61. The molecule has 150 valence electrons. The van der Waals surface area contributed by atoms with Gasteiger partial charge in [0.2, 0.25) is 10.0 Å². The number of rotatable bonds is 6. The summed E-state index contributed by atoms with van der Waals surface area (Å²) in [7, 11) is -2.08. The number of amides is 1. The first-order valence-corrected chi connectivity index (χ1v) is 11.4. The van der Waals surface area contributed by atoms with Gasteiger partial charge in [0, 0.05) is 36.7 Å². The highest BCUT2D eigenvalue weighted by molar-refractivity contribution is 7.99. The van der Waals surface area contributed by atoms with E-state index in [1.165, 1.54) is 40.5 Å². The fraction of sp³-hybridized carbons (Fsp3) is 0.556. The lowest BCUT2D eigenvalue weighted by Crippen LogP contribution is -2.51. The van der Waals surface area contributed by atoms with E-state index in [1.54, 1.807) is 32.5 Å². The summed E-state index contributed by atoms with van der Waals surface area (Å²) in [6.07, 6.45) is 0. The van der Waals surface area contributed by atoms with Crippen LogP contribution in [0.3, 0.4) is 0 Å². The van der Waals surface area contributed by atoms with Crippen molar-refractivity contribution in [3.05, 3.63) is 29.8 Å². The number of thioether (sulfide) groups is 1. The van der Waals surface area contributed by atoms with Crippen LogP contribution in [-0.4, -0.2) is 73.3 Å². The summed E-state index contributed by atoms with van der Waals surface area (Å²) in [6, 6.07) is 5.05. The number of carbonyl (C=O) groups excluding carboxylic acids is 2. The van der Waals surface area contributed by atoms with Gasteiger partial charge in [0.25, 0.3) is 5.91 Å². The van der Waals surface area contributed by atoms with E-state index in [0.717, 1.165) is 5.75 Å². The number of ether oxygens (including phenoxy) is 1. The van der Waals surface area contributed by atoms with E-state index in [0.29, 0.717) is 17.9 Å². The number of hydrogen-bond acceptors (Lipinski definition) is 6. The molecule has 1 fully saturated rings. The predicted molar refractivity (Wildman–Crippen MR) is 105 cm³/mol. The normalized spacial score (nSPS) is 18.0. The minimum Gasteiger partial charge on any atom is -0.464 e. The van der Waals surface area contributed by atoms with E-state index >= 15 is 0 Å². The van der Waals surface area contributed by atoms with Crippen molar-refractivity contribution >= 4 is 33.7 Å². The van der Waals surface area contributed by atoms with Gasteiger partial charge in [-0.1, -0.05) is 0 Å². The molecular weight excluding hydrogens is 388 g/mol. The second kappa shape index (κ2) is 9.07. The highest BCUT2D eigenvalue weighted by Gasteiger charge is 2.34. The molecule has 0 aromatic heterocycles. The zero-order valence-electron chi connectivity index (χ0n) is 16.0. The molecule has 1 saturated heterocycles. The SMILES string of the molecule is CCOC(=O)[C@H]1CSCCN1C(=O)c1ccc(S(=O)(=O)N(C)C(C)C)cc1. The number of benzene rings is 1. The smallest absolute Gasteiger partial charge is 0.329 e. The molecule has 2 rings (SSSR count). The zero-order valence-corrected chi connectivity index (χ0v) is 17.7. The summed E-state index contributed by atoms with van der Waals surface area (Å²) in [5.74, 6) is 0.536. The van der Waals surface area contributed by atoms with Gasteiger partial charge in [-0.05, 0) is 45.0 Å². The van der Waals surface area contributed by atoms with Crippen LogP contribution >= 0.6 is 11.8 Å². The van der Waals surface area contributed by atoms with Crippen LogP contribution in [0.25, 0.3) is 0 Å². The minimum atomic E-state index is -3.61. The molecule has 0 bridgehead atoms. The van der Waals surface area contributed by atoms with Crippen LogP contribution in [0.15, 0.2) is 29.2 Å². The highest BCUT2D eigenvalue weighted by atomic mass is 32.2. The Balaban J connectivity index is 2.23. The summed E-state index contributed by atoms with van der Waals surface area (Å²) in [5.41, 5.74) is 0.349. The van der Waals surface area contributed by atoms with Crippen LogP contribution < -0.4 is 0 Å². The molecule has 1 aliphatic rings. The van der Waals surface area contributed by atoms with Gasteiger partial charge >= 0.3 is 5.97 Å². The Morgan fingerprint density at radius 2 is 1.93 bits per heavy atom. The topological polar surface area (TPSA) is 84.0 Å². The average molecular weight is 415 g/mol. The molecule has 7 nitrogen and oxygen atoms in total. The monoisotopic (exact) mass is 414 g/mol. The van der Waals surface area contributed by atoms with Crippen molar-refractivity contribution in [3.63, 3.8) is 0 Å². The maximum atomic E-state index is 12.9. The van der Waals surface area contributed by atoms with Gasteiger partial charge in [-0.25, -0.2) is 13.2 Å². The molecule has 1 aromatic rings. The number of hydrogen-bond donors (Lipinski definition) is 0. The summed E-state index contributed by atoms with van der Waals surface area (Å²) in [6.45, 7) is 6.02. The van der Waals surface area contributed by atoms with Crippen molar-refractivity contribution in [2.75, 3.05) is 31.7 Å². The molecule has 1 heterocycles. The molecule has 0 radical (unpaired) electrons. The standard InChI is InChI=1S/C18H26N2O5S2/c1-5-25-18(22)16-12-26-11-10-20(16)17(21)14-6-8-15(9-7-14)27(23,24)19(4)13(2)3/h6-9,13,16H,5,10-12H2,1-4H3/t16-/m1/s1. The molecule has 1 aliphatic heterocycles. The maximum Gasteiger partial charge on any atom is 0.329 e. The summed E-state index contributed by atoms with van der Waals surface area (Å²) < 4.78 is 31.4. The Bertz CT molecular complexity index is 777. The van der Waals surface area contributed by atoms with Gasteiger partial charge in [0.1, 0.15) is 6.04 Å². The van der Waals surface area contributed by atoms with Crippen molar-refractivity contribution in [2.24, 2.45) is 0 Å². The van der Waals surface area contributed by atoms with Gasteiger partial charge < -0.3 is 9.64 Å². The van der Waals surface area contributed by atoms with Gasteiger partial charge in [-0.3, -0.25) is 4.79 Å². The number of carbonyl (C=O) groups is 2. The Labute approximate surface area is 165 Å². The van der Waals surface area contributed by atoms with Crippen molar-refractivity contribution in [2.45, 2.75) is 37.8 Å². The lowest BCUT2D eigenvalue weighted by molar-refractivity contribution is -0.147. The lowest BCUT2D eigenvalue weighted by atomic mass is 10.1. The fourth-order valence-corrected chi connectivity index (χ4v) is 5.06. The number of nitrogens with zero attached hydrogens (tertiary/aromatic N) is 2. The van der Waals surface area contributed by atoms with E-state index < -0.39 is 22.0 Å². The quantitative estimate of drug-likeness (QED) is 0.661. The molecule has 0 N–H and O–H groups in total. The van der Waals surface area contributed by atoms with Crippen LogP contribution in [-0.2, 0) is 19.6 Å². The molecule has 27 heavy (non-hydrogen) atoms. The van der Waals surface area contributed by atoms with E-state index in [2.05, 4.69) is 0 Å². The zero-order chi connectivity index (χ0) is 20.2. The van der Waals surface area contributed by atoms with E-state index in [9.17, 15) is 18.0 Å². The van der Waals surface area contributed by atoms with Crippen LogP contribution in [0.1, 0.15) is 31.1 Å². The van der Waals surface area contributed by atoms with Crippen LogP contribution in [0, 0.1) is 0 Å². The lowest BCUT2D eigenvalue weighted by Gasteiger charge is -2.33. The Hall–Kier alpha value is -1.58. The third-order valence-corrected chi connectivity index (χ3v) is 7.52. The molecule has 1 amide bonds. The first kappa shape index (κ1) is 21.7. The molecule has 0 spiro atoms. The Morgan fingerprint density at radius 3 is 2.48 bits per heavy atom. The fourth-order valence-electron chi connectivity index (χ4n) is 2.66. The van der Waals surface area contributed by atoms with Crippen LogP contribution in [0.4, 0.5) is 0 Å². The van der Waals surface area contributed by atoms with Crippen LogP contribution in [0.2, 0.25) is 0 Å². The molecule has 1 aromatic carbocycles. The third kappa shape index (κ3) is 4.83. The molecule has 0 saturated carbocycles. The first-order valence-electron chi connectivity index (χ1n) is 8.83. The van der Waals surface area contributed by atoms with Crippen LogP contribution in [0.5, 0.6) is 0 Å². The summed E-state index contributed by atoms with van der Waals surface area (Å²) in [4.78, 5) is 26.7. The Morgan fingerprint density at radius 1 is 1.30 bits per heavy atom. The third-order valence-electron chi connectivity index (χ3n) is 4.45.